The maximum Gasteiger partial charge on any atom is 0.416 e. The number of hydrogen-bond donors (Lipinski definition) is 3. The van der Waals surface area contributed by atoms with E-state index in [-0.39, 0.29) is 48.5 Å². The van der Waals surface area contributed by atoms with Crippen molar-refractivity contribution >= 4 is 39.9 Å². The predicted octanol–water partition coefficient (Wildman–Crippen LogP) is 4.80. The van der Waals surface area contributed by atoms with Gasteiger partial charge < -0.3 is 20.5 Å². The van der Waals surface area contributed by atoms with E-state index in [1.54, 1.807) is 48.5 Å². The number of piperidine rings is 1. The van der Waals surface area contributed by atoms with E-state index in [4.69, 9.17) is 0 Å². The number of fused-ring (bicyclic) bond motifs is 3. The standard InChI is InChI=1S/C31H22F3N5O4/c32-31(33,34)21-12-17(16-35)11-20(13-21)28(42)39-9-6-30(7-10-39)24-15-19(1-4-25(24)38-29(30)43)26(40)37-22-2-3-23-18(14-22)5-8-36-27(23)41/h1-5,8,11-15H,6-7,9-10H2,(H,36,41)(H,37,40)(H,38,43). The highest BCUT2D eigenvalue weighted by Gasteiger charge is 2.49. The molecule has 43 heavy (non-hydrogen) atoms. The molecule has 4 aromatic rings. The molecule has 1 fully saturated rings. The van der Waals surface area contributed by atoms with Gasteiger partial charge in [-0.1, -0.05) is 0 Å². The van der Waals surface area contributed by atoms with Crippen LogP contribution in [-0.2, 0) is 16.4 Å². The van der Waals surface area contributed by atoms with Gasteiger partial charge >= 0.3 is 6.18 Å². The molecular formula is C31H22F3N5O4. The number of carbonyl (C=O) groups excluding carboxylic acids is 3. The molecule has 1 spiro atoms. The van der Waals surface area contributed by atoms with Crippen LogP contribution in [0.4, 0.5) is 24.5 Å². The fourth-order valence-electron chi connectivity index (χ4n) is 5.78. The number of nitrogens with one attached hydrogen (secondary N) is 3. The summed E-state index contributed by atoms with van der Waals surface area (Å²) in [5.41, 5.74) is -0.967. The first-order chi connectivity index (χ1) is 20.5. The van der Waals surface area contributed by atoms with E-state index in [9.17, 15) is 37.6 Å². The van der Waals surface area contributed by atoms with Gasteiger partial charge in [-0.05, 0) is 84.5 Å². The Kier molecular flexibility index (Phi) is 6.53. The monoisotopic (exact) mass is 585 g/mol. The fraction of sp³-hybridized carbons (Fsp3) is 0.194. The lowest BCUT2D eigenvalue weighted by Crippen LogP contribution is -2.48. The molecule has 1 saturated heterocycles. The summed E-state index contributed by atoms with van der Waals surface area (Å²) in [5, 5.41) is 16.0. The minimum absolute atomic E-state index is 0.0798. The highest BCUT2D eigenvalue weighted by Crippen LogP contribution is 2.45. The minimum Gasteiger partial charge on any atom is -0.339 e. The number of aromatic nitrogens is 1. The second kappa shape index (κ2) is 10.1. The topological polar surface area (TPSA) is 135 Å². The molecule has 9 nitrogen and oxygen atoms in total. The maximum absolute atomic E-state index is 13.3. The minimum atomic E-state index is -4.73. The van der Waals surface area contributed by atoms with Gasteiger partial charge in [0.1, 0.15) is 0 Å². The molecule has 0 aliphatic carbocycles. The first-order valence-electron chi connectivity index (χ1n) is 13.3. The van der Waals surface area contributed by atoms with E-state index in [1.807, 2.05) is 0 Å². The van der Waals surface area contributed by atoms with Crippen LogP contribution in [0, 0.1) is 11.3 Å². The van der Waals surface area contributed by atoms with Gasteiger partial charge in [-0.3, -0.25) is 19.2 Å². The number of likely N-dealkylation sites (tertiary alicyclic amines) is 1. The Morgan fingerprint density at radius 2 is 1.72 bits per heavy atom. The van der Waals surface area contributed by atoms with Crippen molar-refractivity contribution in [1.29, 1.82) is 5.26 Å². The second-order valence-corrected chi connectivity index (χ2v) is 10.6. The van der Waals surface area contributed by atoms with Crippen LogP contribution in [-0.4, -0.2) is 40.7 Å². The number of amides is 3. The van der Waals surface area contributed by atoms with E-state index in [1.165, 1.54) is 11.1 Å². The Morgan fingerprint density at radius 3 is 2.44 bits per heavy atom. The van der Waals surface area contributed by atoms with Crippen molar-refractivity contribution < 1.29 is 27.6 Å². The van der Waals surface area contributed by atoms with Gasteiger partial charge in [0.05, 0.1) is 22.6 Å². The summed E-state index contributed by atoms with van der Waals surface area (Å²) in [7, 11) is 0. The third kappa shape index (κ3) is 4.88. The highest BCUT2D eigenvalue weighted by atomic mass is 19.4. The number of rotatable bonds is 3. The lowest BCUT2D eigenvalue weighted by atomic mass is 9.73. The van der Waals surface area contributed by atoms with Crippen molar-refractivity contribution in [2.75, 3.05) is 23.7 Å². The molecule has 0 bridgehead atoms. The number of anilines is 2. The van der Waals surface area contributed by atoms with Gasteiger partial charge in [0.25, 0.3) is 17.4 Å². The quantitative estimate of drug-likeness (QED) is 0.318. The van der Waals surface area contributed by atoms with Crippen LogP contribution < -0.4 is 16.2 Å². The van der Waals surface area contributed by atoms with Gasteiger partial charge in [0, 0.05) is 47.2 Å². The number of aromatic amines is 1. The van der Waals surface area contributed by atoms with Crippen molar-refractivity contribution in [2.45, 2.75) is 24.4 Å². The number of pyridine rings is 1. The third-order valence-corrected chi connectivity index (χ3v) is 8.05. The maximum atomic E-state index is 13.3. The molecule has 3 amide bonds. The zero-order chi connectivity index (χ0) is 30.5. The highest BCUT2D eigenvalue weighted by molar-refractivity contribution is 6.10. The Bertz CT molecular complexity index is 1930. The first-order valence-corrected chi connectivity index (χ1v) is 13.3. The predicted molar refractivity (Wildman–Crippen MR) is 151 cm³/mol. The zero-order valence-corrected chi connectivity index (χ0v) is 22.3. The summed E-state index contributed by atoms with van der Waals surface area (Å²) < 4.78 is 40.0. The lowest BCUT2D eigenvalue weighted by molar-refractivity contribution is -0.137. The van der Waals surface area contributed by atoms with Crippen molar-refractivity contribution in [2.24, 2.45) is 0 Å². The Labute approximate surface area is 241 Å². The van der Waals surface area contributed by atoms with E-state index in [2.05, 4.69) is 15.6 Å². The van der Waals surface area contributed by atoms with Gasteiger partial charge in [0.2, 0.25) is 5.91 Å². The average molecular weight is 586 g/mol. The molecule has 0 atom stereocenters. The third-order valence-electron chi connectivity index (χ3n) is 8.05. The number of alkyl halides is 3. The summed E-state index contributed by atoms with van der Waals surface area (Å²) in [5.74, 6) is -1.37. The normalized spacial score (nSPS) is 15.6. The van der Waals surface area contributed by atoms with Gasteiger partial charge in [0.15, 0.2) is 0 Å². The lowest BCUT2D eigenvalue weighted by Gasteiger charge is -2.38. The van der Waals surface area contributed by atoms with Gasteiger partial charge in [-0.25, -0.2) is 0 Å². The van der Waals surface area contributed by atoms with E-state index >= 15 is 0 Å². The summed E-state index contributed by atoms with van der Waals surface area (Å²) in [6.45, 7) is 0.160. The van der Waals surface area contributed by atoms with Crippen molar-refractivity contribution in [3.8, 4) is 6.07 Å². The molecular weight excluding hydrogens is 563 g/mol. The van der Waals surface area contributed by atoms with Crippen LogP contribution in [0.15, 0.2) is 71.7 Å². The molecule has 3 N–H and O–H groups in total. The zero-order valence-electron chi connectivity index (χ0n) is 22.3. The average Bonchev–Trinajstić information content (AvgIpc) is 3.26. The molecule has 3 heterocycles. The van der Waals surface area contributed by atoms with Crippen LogP contribution >= 0.6 is 0 Å². The largest absolute Gasteiger partial charge is 0.416 e. The number of benzene rings is 3. The van der Waals surface area contributed by atoms with E-state index < -0.39 is 29.0 Å². The number of H-pyrrole nitrogens is 1. The summed E-state index contributed by atoms with van der Waals surface area (Å²) in [6.07, 6.45) is -2.84. The van der Waals surface area contributed by atoms with Crippen molar-refractivity contribution in [3.63, 3.8) is 0 Å². The van der Waals surface area contributed by atoms with Crippen LogP contribution in [0.1, 0.15) is 50.2 Å². The molecule has 0 saturated carbocycles. The SMILES string of the molecule is N#Cc1cc(C(=O)N2CCC3(CC2)C(=O)Nc2ccc(C(=O)Nc4ccc5c(=O)[nH]ccc5c4)cc23)cc(C(F)(F)F)c1. The van der Waals surface area contributed by atoms with Crippen LogP contribution in [0.25, 0.3) is 10.8 Å². The molecule has 1 aromatic heterocycles. The van der Waals surface area contributed by atoms with E-state index in [0.717, 1.165) is 12.1 Å². The molecule has 6 rings (SSSR count). The van der Waals surface area contributed by atoms with Crippen LogP contribution in [0.2, 0.25) is 0 Å². The summed E-state index contributed by atoms with van der Waals surface area (Å²) >= 11 is 0. The number of nitriles is 1. The molecule has 0 radical (unpaired) electrons. The molecule has 2 aliphatic rings. The number of nitrogens with zero attached hydrogens (tertiary/aromatic N) is 2. The Balaban J connectivity index is 1.22. The van der Waals surface area contributed by atoms with E-state index in [0.29, 0.717) is 39.3 Å². The molecule has 12 heteroatoms. The van der Waals surface area contributed by atoms with Crippen molar-refractivity contribution in [3.05, 3.63) is 105 Å². The molecule has 0 unspecified atom stereocenters. The Hall–Kier alpha value is -5.44. The summed E-state index contributed by atoms with van der Waals surface area (Å²) in [6, 6.07) is 15.7. The molecule has 216 valence electrons. The Morgan fingerprint density at radius 1 is 0.953 bits per heavy atom. The van der Waals surface area contributed by atoms with Crippen LogP contribution in [0.5, 0.6) is 0 Å². The first kappa shape index (κ1) is 27.7. The number of halogens is 3. The smallest absolute Gasteiger partial charge is 0.339 e. The fourth-order valence-corrected chi connectivity index (χ4v) is 5.78. The number of hydrogen-bond acceptors (Lipinski definition) is 5. The van der Waals surface area contributed by atoms with Crippen molar-refractivity contribution in [1.82, 2.24) is 9.88 Å². The molecule has 3 aromatic carbocycles. The molecule has 2 aliphatic heterocycles. The summed E-state index contributed by atoms with van der Waals surface area (Å²) in [4.78, 5) is 55.5. The second-order valence-electron chi connectivity index (χ2n) is 10.6. The van der Waals surface area contributed by atoms with Crippen LogP contribution in [0.3, 0.4) is 0 Å². The van der Waals surface area contributed by atoms with Gasteiger partial charge in [-0.15, -0.1) is 0 Å². The number of carbonyl (C=O) groups is 3. The van der Waals surface area contributed by atoms with Gasteiger partial charge in [-0.2, -0.15) is 18.4 Å².